The molecule has 0 aliphatic heterocycles. The molecule has 2 aromatic rings. The zero-order valence-electron chi connectivity index (χ0n) is 17.7. The summed E-state index contributed by atoms with van der Waals surface area (Å²) in [5.41, 5.74) is 2.81. The summed E-state index contributed by atoms with van der Waals surface area (Å²) in [7, 11) is 0. The van der Waals surface area contributed by atoms with E-state index in [2.05, 4.69) is 19.1 Å². The highest BCUT2D eigenvalue weighted by molar-refractivity contribution is 5.63. The zero-order valence-corrected chi connectivity index (χ0v) is 17.7. The van der Waals surface area contributed by atoms with Gasteiger partial charge in [0.05, 0.1) is 0 Å². The molecule has 2 aliphatic rings. The summed E-state index contributed by atoms with van der Waals surface area (Å²) in [6.45, 7) is 2.33. The molecule has 0 radical (unpaired) electrons. The van der Waals surface area contributed by atoms with Crippen LogP contribution >= 0.6 is 0 Å². The van der Waals surface area contributed by atoms with Crippen LogP contribution in [-0.4, -0.2) is 0 Å². The van der Waals surface area contributed by atoms with Crippen molar-refractivity contribution in [3.8, 4) is 11.1 Å². The molecule has 2 heteroatoms. The van der Waals surface area contributed by atoms with Crippen LogP contribution in [0.2, 0.25) is 0 Å². The van der Waals surface area contributed by atoms with Gasteiger partial charge in [-0.25, -0.2) is 8.78 Å². The minimum absolute atomic E-state index is 0.525. The van der Waals surface area contributed by atoms with Gasteiger partial charge in [0.25, 0.3) is 0 Å². The Bertz CT molecular complexity index is 774. The summed E-state index contributed by atoms with van der Waals surface area (Å²) < 4.78 is 26.9. The first-order valence-corrected chi connectivity index (χ1v) is 11.7. The van der Waals surface area contributed by atoms with Crippen molar-refractivity contribution in [3.63, 3.8) is 0 Å². The van der Waals surface area contributed by atoms with Crippen molar-refractivity contribution in [1.29, 1.82) is 0 Å². The van der Waals surface area contributed by atoms with E-state index in [9.17, 15) is 8.78 Å². The predicted molar refractivity (Wildman–Crippen MR) is 117 cm³/mol. The summed E-state index contributed by atoms with van der Waals surface area (Å²) in [5, 5.41) is 0. The van der Waals surface area contributed by atoms with Crippen molar-refractivity contribution in [3.05, 3.63) is 59.7 Å². The Morgan fingerprint density at radius 2 is 1.31 bits per heavy atom. The van der Waals surface area contributed by atoms with E-state index in [0.29, 0.717) is 5.56 Å². The molecule has 0 nitrogen and oxygen atoms in total. The normalized spacial score (nSPS) is 26.9. The Balaban J connectivity index is 1.29. The van der Waals surface area contributed by atoms with Gasteiger partial charge in [-0.3, -0.25) is 0 Å². The standard InChI is InChI=1S/C27H34F2/c1-2-3-20-8-12-24-15-21(9-13-23(24)14-20)5-4-19-6-10-22(11-7-19)25-16-26(28)18-27(29)17-25/h6-7,10-11,16-18,20-21,23-24H,2-5,8-9,12-15H2,1H3/t20?,21-,23-,24-/m1/s1. The van der Waals surface area contributed by atoms with E-state index in [4.69, 9.17) is 0 Å². The molecule has 0 bridgehead atoms. The quantitative estimate of drug-likeness (QED) is 0.461. The van der Waals surface area contributed by atoms with Crippen molar-refractivity contribution < 1.29 is 8.78 Å². The molecule has 0 spiro atoms. The molecule has 2 saturated carbocycles. The molecule has 4 rings (SSSR count). The first-order valence-electron chi connectivity index (χ1n) is 11.7. The third-order valence-corrected chi connectivity index (χ3v) is 7.52. The molecule has 156 valence electrons. The fourth-order valence-corrected chi connectivity index (χ4v) is 5.97. The highest BCUT2D eigenvalue weighted by atomic mass is 19.1. The summed E-state index contributed by atoms with van der Waals surface area (Å²) in [4.78, 5) is 0. The van der Waals surface area contributed by atoms with Crippen LogP contribution in [0, 0.1) is 35.3 Å². The number of rotatable bonds is 6. The molecule has 0 N–H and O–H groups in total. The van der Waals surface area contributed by atoms with E-state index < -0.39 is 11.6 Å². The molecular formula is C27H34F2. The minimum Gasteiger partial charge on any atom is -0.207 e. The van der Waals surface area contributed by atoms with Crippen LogP contribution in [0.4, 0.5) is 8.78 Å². The van der Waals surface area contributed by atoms with Crippen LogP contribution in [0.1, 0.15) is 70.3 Å². The van der Waals surface area contributed by atoms with Crippen molar-refractivity contribution >= 4 is 0 Å². The average Bonchev–Trinajstić information content (AvgIpc) is 2.72. The van der Waals surface area contributed by atoms with Crippen LogP contribution in [0.5, 0.6) is 0 Å². The molecule has 0 aromatic heterocycles. The summed E-state index contributed by atoms with van der Waals surface area (Å²) in [6.07, 6.45) is 13.9. The van der Waals surface area contributed by atoms with Crippen molar-refractivity contribution in [2.75, 3.05) is 0 Å². The van der Waals surface area contributed by atoms with Gasteiger partial charge in [-0.05, 0) is 91.0 Å². The largest absolute Gasteiger partial charge is 0.207 e. The smallest absolute Gasteiger partial charge is 0.126 e. The van der Waals surface area contributed by atoms with E-state index in [-0.39, 0.29) is 0 Å². The summed E-state index contributed by atoms with van der Waals surface area (Å²) >= 11 is 0. The van der Waals surface area contributed by atoms with Gasteiger partial charge in [-0.15, -0.1) is 0 Å². The number of hydrogen-bond donors (Lipinski definition) is 0. The maximum absolute atomic E-state index is 13.5. The third-order valence-electron chi connectivity index (χ3n) is 7.52. The number of hydrogen-bond acceptors (Lipinski definition) is 0. The minimum atomic E-state index is -0.525. The highest BCUT2D eigenvalue weighted by Gasteiger charge is 2.34. The van der Waals surface area contributed by atoms with Gasteiger partial charge in [0.2, 0.25) is 0 Å². The van der Waals surface area contributed by atoms with Crippen LogP contribution in [0.3, 0.4) is 0 Å². The van der Waals surface area contributed by atoms with E-state index >= 15 is 0 Å². The number of aryl methyl sites for hydroxylation is 1. The first kappa shape index (κ1) is 20.6. The Morgan fingerprint density at radius 3 is 1.90 bits per heavy atom. The monoisotopic (exact) mass is 396 g/mol. The lowest BCUT2D eigenvalue weighted by Gasteiger charge is -2.42. The number of benzene rings is 2. The molecule has 0 saturated heterocycles. The molecule has 2 aliphatic carbocycles. The van der Waals surface area contributed by atoms with Crippen molar-refractivity contribution in [1.82, 2.24) is 0 Å². The molecule has 2 aromatic carbocycles. The summed E-state index contributed by atoms with van der Waals surface area (Å²) in [6, 6.07) is 11.9. The molecular weight excluding hydrogens is 362 g/mol. The Hall–Kier alpha value is -1.70. The highest BCUT2D eigenvalue weighted by Crippen LogP contribution is 2.46. The SMILES string of the molecule is CCCC1CC[C@@H]2C[C@H](CCc3ccc(-c4cc(F)cc(F)c4)cc3)CC[C@@H]2C1. The van der Waals surface area contributed by atoms with E-state index in [0.717, 1.165) is 41.7 Å². The maximum Gasteiger partial charge on any atom is 0.126 e. The fourth-order valence-electron chi connectivity index (χ4n) is 5.97. The molecule has 29 heavy (non-hydrogen) atoms. The fraction of sp³-hybridized carbons (Fsp3) is 0.556. The maximum atomic E-state index is 13.5. The molecule has 0 amide bonds. The van der Waals surface area contributed by atoms with Crippen LogP contribution in [0.25, 0.3) is 11.1 Å². The lowest BCUT2D eigenvalue weighted by Crippen LogP contribution is -2.31. The number of fused-ring (bicyclic) bond motifs is 1. The second kappa shape index (κ2) is 9.41. The number of halogens is 2. The lowest BCUT2D eigenvalue weighted by atomic mass is 9.63. The van der Waals surface area contributed by atoms with E-state index in [1.165, 1.54) is 75.5 Å². The van der Waals surface area contributed by atoms with Gasteiger partial charge in [-0.2, -0.15) is 0 Å². The second-order valence-corrected chi connectivity index (χ2v) is 9.56. The van der Waals surface area contributed by atoms with E-state index in [1.54, 1.807) is 0 Å². The zero-order chi connectivity index (χ0) is 20.2. The molecule has 0 heterocycles. The first-order chi connectivity index (χ1) is 14.1. The Labute approximate surface area is 174 Å². The van der Waals surface area contributed by atoms with Gasteiger partial charge in [0.1, 0.15) is 11.6 Å². The van der Waals surface area contributed by atoms with Crippen LogP contribution in [-0.2, 0) is 6.42 Å². The molecule has 2 fully saturated rings. The Kier molecular flexibility index (Phi) is 6.67. The topological polar surface area (TPSA) is 0 Å². The predicted octanol–water partition coefficient (Wildman–Crippen LogP) is 8.20. The van der Waals surface area contributed by atoms with Crippen LogP contribution in [0.15, 0.2) is 42.5 Å². The molecule has 4 atom stereocenters. The second-order valence-electron chi connectivity index (χ2n) is 9.56. The summed E-state index contributed by atoms with van der Waals surface area (Å²) in [5.74, 6) is 2.81. The van der Waals surface area contributed by atoms with Gasteiger partial charge < -0.3 is 0 Å². The average molecular weight is 397 g/mol. The van der Waals surface area contributed by atoms with Crippen molar-refractivity contribution in [2.24, 2.45) is 23.7 Å². The van der Waals surface area contributed by atoms with Gasteiger partial charge in [0, 0.05) is 6.07 Å². The van der Waals surface area contributed by atoms with Gasteiger partial charge >= 0.3 is 0 Å². The lowest BCUT2D eigenvalue weighted by molar-refractivity contribution is 0.0921. The van der Waals surface area contributed by atoms with Gasteiger partial charge in [-0.1, -0.05) is 56.9 Å². The Morgan fingerprint density at radius 1 is 0.724 bits per heavy atom. The van der Waals surface area contributed by atoms with E-state index in [1.807, 2.05) is 12.1 Å². The third kappa shape index (κ3) is 5.27. The van der Waals surface area contributed by atoms with Crippen LogP contribution < -0.4 is 0 Å². The van der Waals surface area contributed by atoms with Crippen molar-refractivity contribution in [2.45, 2.75) is 71.1 Å². The molecule has 1 unspecified atom stereocenters. The van der Waals surface area contributed by atoms with Gasteiger partial charge in [0.15, 0.2) is 0 Å².